The number of benzene rings is 1. The lowest BCUT2D eigenvalue weighted by atomic mass is 10.1. The van der Waals surface area contributed by atoms with Crippen LogP contribution in [-0.2, 0) is 0 Å². The first-order chi connectivity index (χ1) is 8.65. The number of hydrogen-bond acceptors (Lipinski definition) is 5. The molecule has 94 valence electrons. The molecule has 0 spiro atoms. The largest absolute Gasteiger partial charge is 0.496 e. The highest BCUT2D eigenvalue weighted by Gasteiger charge is 2.14. The van der Waals surface area contributed by atoms with Crippen LogP contribution in [-0.4, -0.2) is 29.3 Å². The highest BCUT2D eigenvalue weighted by molar-refractivity contribution is 9.10. The van der Waals surface area contributed by atoms with Crippen molar-refractivity contribution in [2.45, 2.75) is 6.92 Å². The molecule has 1 aromatic carbocycles. The van der Waals surface area contributed by atoms with Gasteiger partial charge < -0.3 is 10.1 Å². The van der Waals surface area contributed by atoms with E-state index in [2.05, 4.69) is 36.4 Å². The lowest BCUT2D eigenvalue weighted by Crippen LogP contribution is -2.03. The monoisotopic (exact) mass is 308 g/mol. The van der Waals surface area contributed by atoms with E-state index in [1.807, 2.05) is 18.2 Å². The molecular weight excluding hydrogens is 296 g/mol. The average molecular weight is 309 g/mol. The highest BCUT2D eigenvalue weighted by atomic mass is 79.9. The number of rotatable bonds is 3. The molecule has 0 saturated heterocycles. The van der Waals surface area contributed by atoms with E-state index >= 15 is 0 Å². The first kappa shape index (κ1) is 12.8. The van der Waals surface area contributed by atoms with Gasteiger partial charge in [0, 0.05) is 17.1 Å². The van der Waals surface area contributed by atoms with E-state index in [0.29, 0.717) is 17.3 Å². The molecular formula is C12H13BrN4O. The van der Waals surface area contributed by atoms with Crippen LogP contribution in [0.1, 0.15) is 5.82 Å². The number of anilines is 1. The van der Waals surface area contributed by atoms with Crippen LogP contribution in [0.4, 0.5) is 5.82 Å². The lowest BCUT2D eigenvalue weighted by molar-refractivity contribution is 0.416. The summed E-state index contributed by atoms with van der Waals surface area (Å²) in [6.07, 6.45) is 0. The summed E-state index contributed by atoms with van der Waals surface area (Å²) in [4.78, 5) is 4.32. The van der Waals surface area contributed by atoms with Crippen LogP contribution in [0.25, 0.3) is 11.3 Å². The van der Waals surface area contributed by atoms with Crippen LogP contribution < -0.4 is 10.1 Å². The van der Waals surface area contributed by atoms with E-state index in [1.54, 1.807) is 21.1 Å². The molecule has 0 aliphatic carbocycles. The Kier molecular flexibility index (Phi) is 3.76. The molecule has 2 aromatic rings. The van der Waals surface area contributed by atoms with Gasteiger partial charge in [0.25, 0.3) is 0 Å². The number of hydrogen-bond donors (Lipinski definition) is 1. The van der Waals surface area contributed by atoms with Crippen LogP contribution in [0, 0.1) is 6.92 Å². The molecule has 6 heteroatoms. The molecule has 0 unspecified atom stereocenters. The van der Waals surface area contributed by atoms with Crippen molar-refractivity contribution in [1.29, 1.82) is 0 Å². The Morgan fingerprint density at radius 3 is 2.72 bits per heavy atom. The van der Waals surface area contributed by atoms with E-state index < -0.39 is 0 Å². The zero-order valence-electron chi connectivity index (χ0n) is 10.4. The fraction of sp³-hybridized carbons (Fsp3) is 0.250. The van der Waals surface area contributed by atoms with Crippen molar-refractivity contribution < 1.29 is 4.74 Å². The molecule has 1 N–H and O–H groups in total. The van der Waals surface area contributed by atoms with Gasteiger partial charge in [0.2, 0.25) is 0 Å². The molecule has 0 amide bonds. The fourth-order valence-corrected chi connectivity index (χ4v) is 1.99. The summed E-state index contributed by atoms with van der Waals surface area (Å²) >= 11 is 3.44. The number of aromatic nitrogens is 3. The van der Waals surface area contributed by atoms with Gasteiger partial charge in [-0.3, -0.25) is 0 Å². The minimum atomic E-state index is 0.622. The number of ether oxygens (including phenoxy) is 1. The van der Waals surface area contributed by atoms with Crippen LogP contribution in [0.3, 0.4) is 0 Å². The van der Waals surface area contributed by atoms with Gasteiger partial charge in [-0.2, -0.15) is 0 Å². The SMILES string of the molecule is CNc1nc(C)nnc1-c1cc(Br)ccc1OC. The zero-order chi connectivity index (χ0) is 13.1. The van der Waals surface area contributed by atoms with Crippen molar-refractivity contribution in [2.24, 2.45) is 0 Å². The summed E-state index contributed by atoms with van der Waals surface area (Å²) in [7, 11) is 3.43. The van der Waals surface area contributed by atoms with E-state index in [4.69, 9.17) is 4.74 Å². The molecule has 1 heterocycles. The third-order valence-electron chi connectivity index (χ3n) is 2.45. The minimum absolute atomic E-state index is 0.622. The summed E-state index contributed by atoms with van der Waals surface area (Å²) in [6.45, 7) is 1.80. The molecule has 0 fully saturated rings. The van der Waals surface area contributed by atoms with Crippen molar-refractivity contribution in [1.82, 2.24) is 15.2 Å². The number of aryl methyl sites for hydroxylation is 1. The predicted molar refractivity (Wildman–Crippen MR) is 73.8 cm³/mol. The van der Waals surface area contributed by atoms with E-state index in [9.17, 15) is 0 Å². The van der Waals surface area contributed by atoms with Crippen molar-refractivity contribution >= 4 is 21.7 Å². The summed E-state index contributed by atoms with van der Waals surface area (Å²) in [5, 5.41) is 11.2. The first-order valence-corrected chi connectivity index (χ1v) is 6.18. The predicted octanol–water partition coefficient (Wildman–Crippen LogP) is 2.66. The van der Waals surface area contributed by atoms with Crippen molar-refractivity contribution in [3.8, 4) is 17.0 Å². The maximum absolute atomic E-state index is 5.34. The van der Waals surface area contributed by atoms with E-state index in [1.165, 1.54) is 0 Å². The molecule has 0 radical (unpaired) electrons. The number of methoxy groups -OCH3 is 1. The molecule has 18 heavy (non-hydrogen) atoms. The van der Waals surface area contributed by atoms with Gasteiger partial charge >= 0.3 is 0 Å². The van der Waals surface area contributed by atoms with Crippen LogP contribution >= 0.6 is 15.9 Å². The smallest absolute Gasteiger partial charge is 0.156 e. The Hall–Kier alpha value is -1.69. The Balaban J connectivity index is 2.64. The Labute approximate surface area is 114 Å². The van der Waals surface area contributed by atoms with Crippen molar-refractivity contribution in [2.75, 3.05) is 19.5 Å². The Bertz CT molecular complexity index is 574. The number of nitrogens with zero attached hydrogens (tertiary/aromatic N) is 3. The fourth-order valence-electron chi connectivity index (χ4n) is 1.63. The van der Waals surface area contributed by atoms with Crippen LogP contribution in [0.2, 0.25) is 0 Å². The minimum Gasteiger partial charge on any atom is -0.496 e. The lowest BCUT2D eigenvalue weighted by Gasteiger charge is -2.11. The van der Waals surface area contributed by atoms with Crippen molar-refractivity contribution in [3.05, 3.63) is 28.5 Å². The van der Waals surface area contributed by atoms with E-state index in [-0.39, 0.29) is 0 Å². The Morgan fingerprint density at radius 1 is 1.28 bits per heavy atom. The molecule has 0 bridgehead atoms. The third kappa shape index (κ3) is 2.43. The Morgan fingerprint density at radius 2 is 2.06 bits per heavy atom. The highest BCUT2D eigenvalue weighted by Crippen LogP contribution is 2.34. The maximum atomic E-state index is 5.34. The number of nitrogens with one attached hydrogen (secondary N) is 1. The average Bonchev–Trinajstić information content (AvgIpc) is 2.38. The molecule has 5 nitrogen and oxygen atoms in total. The molecule has 0 aliphatic rings. The van der Waals surface area contributed by atoms with Gasteiger partial charge in [-0.1, -0.05) is 15.9 Å². The molecule has 1 aromatic heterocycles. The quantitative estimate of drug-likeness (QED) is 0.944. The summed E-state index contributed by atoms with van der Waals surface area (Å²) in [6, 6.07) is 5.72. The van der Waals surface area contributed by atoms with Crippen LogP contribution in [0.5, 0.6) is 5.75 Å². The molecule has 2 rings (SSSR count). The van der Waals surface area contributed by atoms with Crippen LogP contribution in [0.15, 0.2) is 22.7 Å². The van der Waals surface area contributed by atoms with Gasteiger partial charge in [0.15, 0.2) is 5.82 Å². The second kappa shape index (κ2) is 5.30. The first-order valence-electron chi connectivity index (χ1n) is 5.38. The second-order valence-electron chi connectivity index (χ2n) is 3.65. The normalized spacial score (nSPS) is 10.2. The molecule has 0 atom stereocenters. The number of halogens is 1. The maximum Gasteiger partial charge on any atom is 0.156 e. The standard InChI is InChI=1S/C12H13BrN4O/c1-7-15-12(14-2)11(17-16-7)9-6-8(13)4-5-10(9)18-3/h4-6H,1-3H3,(H,14,15,16). The zero-order valence-corrected chi connectivity index (χ0v) is 11.9. The third-order valence-corrected chi connectivity index (χ3v) is 2.94. The van der Waals surface area contributed by atoms with Gasteiger partial charge in [0.1, 0.15) is 17.3 Å². The summed E-state index contributed by atoms with van der Waals surface area (Å²) in [5.74, 6) is 2.03. The van der Waals surface area contributed by atoms with Crippen molar-refractivity contribution in [3.63, 3.8) is 0 Å². The molecule has 0 saturated carbocycles. The van der Waals surface area contributed by atoms with Gasteiger partial charge in [0.05, 0.1) is 7.11 Å². The van der Waals surface area contributed by atoms with E-state index in [0.717, 1.165) is 15.8 Å². The van der Waals surface area contributed by atoms with Gasteiger partial charge in [-0.15, -0.1) is 10.2 Å². The second-order valence-corrected chi connectivity index (χ2v) is 4.57. The topological polar surface area (TPSA) is 59.9 Å². The summed E-state index contributed by atoms with van der Waals surface area (Å²) in [5.41, 5.74) is 1.51. The van der Waals surface area contributed by atoms with Gasteiger partial charge in [-0.05, 0) is 25.1 Å². The summed E-state index contributed by atoms with van der Waals surface area (Å²) < 4.78 is 6.29. The van der Waals surface area contributed by atoms with Gasteiger partial charge in [-0.25, -0.2) is 4.98 Å². The molecule has 0 aliphatic heterocycles.